The predicted molar refractivity (Wildman–Crippen MR) is 62.3 cm³/mol. The SMILES string of the molecule is COC(=O)C(C)N1CC(C)(C)OC(C)(C)C1. The summed E-state index contributed by atoms with van der Waals surface area (Å²) in [5, 5.41) is 0. The van der Waals surface area contributed by atoms with Crippen LogP contribution in [-0.4, -0.2) is 48.3 Å². The van der Waals surface area contributed by atoms with Crippen LogP contribution in [0.15, 0.2) is 0 Å². The van der Waals surface area contributed by atoms with E-state index in [0.29, 0.717) is 0 Å². The van der Waals surface area contributed by atoms with E-state index in [1.807, 2.05) is 34.6 Å². The maximum Gasteiger partial charge on any atom is 0.322 e. The Bertz CT molecular complexity index is 257. The van der Waals surface area contributed by atoms with Crippen LogP contribution in [0.2, 0.25) is 0 Å². The molecule has 1 heterocycles. The highest BCUT2D eigenvalue weighted by Gasteiger charge is 2.41. The second-order valence-electron chi connectivity index (χ2n) is 5.73. The minimum atomic E-state index is -0.232. The molecular formula is C12H23NO3. The Balaban J connectivity index is 2.78. The Labute approximate surface area is 97.9 Å². The maximum absolute atomic E-state index is 11.5. The van der Waals surface area contributed by atoms with Gasteiger partial charge in [0.05, 0.1) is 18.3 Å². The van der Waals surface area contributed by atoms with Crippen LogP contribution in [0, 0.1) is 0 Å². The molecule has 0 aromatic carbocycles. The molecule has 1 aliphatic heterocycles. The number of carbonyl (C=O) groups is 1. The summed E-state index contributed by atoms with van der Waals surface area (Å²) in [5.41, 5.74) is -0.464. The van der Waals surface area contributed by atoms with Crippen LogP contribution in [0.1, 0.15) is 34.6 Å². The molecule has 1 fully saturated rings. The van der Waals surface area contributed by atoms with Crippen LogP contribution in [0.4, 0.5) is 0 Å². The zero-order chi connectivity index (χ0) is 12.6. The highest BCUT2D eigenvalue weighted by Crippen LogP contribution is 2.29. The molecule has 1 aliphatic rings. The van der Waals surface area contributed by atoms with E-state index < -0.39 is 0 Å². The highest BCUT2D eigenvalue weighted by atomic mass is 16.5. The van der Waals surface area contributed by atoms with Crippen molar-refractivity contribution in [3.05, 3.63) is 0 Å². The number of rotatable bonds is 2. The van der Waals surface area contributed by atoms with Gasteiger partial charge in [-0.2, -0.15) is 0 Å². The van der Waals surface area contributed by atoms with Gasteiger partial charge in [-0.05, 0) is 34.6 Å². The van der Waals surface area contributed by atoms with Crippen molar-refractivity contribution in [2.75, 3.05) is 20.2 Å². The van der Waals surface area contributed by atoms with Gasteiger partial charge in [-0.15, -0.1) is 0 Å². The second-order valence-corrected chi connectivity index (χ2v) is 5.73. The van der Waals surface area contributed by atoms with E-state index >= 15 is 0 Å². The molecule has 1 rings (SSSR count). The standard InChI is InChI=1S/C12H23NO3/c1-9(10(14)15-6)13-7-11(2,3)16-12(4,5)8-13/h9H,7-8H2,1-6H3. The Morgan fingerprint density at radius 1 is 1.25 bits per heavy atom. The summed E-state index contributed by atoms with van der Waals surface area (Å²) in [5.74, 6) is -0.187. The average molecular weight is 229 g/mol. The monoisotopic (exact) mass is 229 g/mol. The van der Waals surface area contributed by atoms with Gasteiger partial charge in [-0.1, -0.05) is 0 Å². The molecule has 0 amide bonds. The number of carbonyl (C=O) groups excluding carboxylic acids is 1. The van der Waals surface area contributed by atoms with Crippen LogP contribution in [0.3, 0.4) is 0 Å². The summed E-state index contributed by atoms with van der Waals surface area (Å²) in [6.07, 6.45) is 0. The summed E-state index contributed by atoms with van der Waals surface area (Å²) in [6.45, 7) is 11.5. The van der Waals surface area contributed by atoms with Gasteiger partial charge in [0, 0.05) is 13.1 Å². The molecule has 16 heavy (non-hydrogen) atoms. The lowest BCUT2D eigenvalue weighted by atomic mass is 9.97. The quantitative estimate of drug-likeness (QED) is 0.672. The normalized spacial score (nSPS) is 26.1. The Morgan fingerprint density at radius 3 is 2.06 bits per heavy atom. The molecule has 4 heteroatoms. The molecule has 1 unspecified atom stereocenters. The number of hydrogen-bond acceptors (Lipinski definition) is 4. The largest absolute Gasteiger partial charge is 0.468 e. The van der Waals surface area contributed by atoms with E-state index in [1.165, 1.54) is 7.11 Å². The second kappa shape index (κ2) is 4.34. The molecule has 0 radical (unpaired) electrons. The van der Waals surface area contributed by atoms with Crippen LogP contribution < -0.4 is 0 Å². The summed E-state index contributed by atoms with van der Waals surface area (Å²) >= 11 is 0. The first kappa shape index (κ1) is 13.5. The number of morpholine rings is 1. The molecule has 4 nitrogen and oxygen atoms in total. The lowest BCUT2D eigenvalue weighted by Crippen LogP contribution is -2.60. The van der Waals surface area contributed by atoms with Gasteiger partial charge < -0.3 is 9.47 Å². The summed E-state index contributed by atoms with van der Waals surface area (Å²) in [7, 11) is 1.43. The summed E-state index contributed by atoms with van der Waals surface area (Å²) in [6, 6.07) is -0.215. The molecule has 0 saturated carbocycles. The molecule has 94 valence electrons. The van der Waals surface area contributed by atoms with Crippen LogP contribution in [0.5, 0.6) is 0 Å². The third-order valence-corrected chi connectivity index (χ3v) is 2.81. The van der Waals surface area contributed by atoms with Crippen molar-refractivity contribution < 1.29 is 14.3 Å². The molecule has 0 aliphatic carbocycles. The molecule has 0 aromatic heterocycles. The summed E-state index contributed by atoms with van der Waals surface area (Å²) < 4.78 is 10.7. The van der Waals surface area contributed by atoms with Crippen molar-refractivity contribution in [2.45, 2.75) is 51.9 Å². The van der Waals surface area contributed by atoms with Gasteiger partial charge in [0.1, 0.15) is 6.04 Å². The van der Waals surface area contributed by atoms with Gasteiger partial charge in [0.25, 0.3) is 0 Å². The molecule has 0 N–H and O–H groups in total. The first-order valence-corrected chi connectivity index (χ1v) is 5.69. The van der Waals surface area contributed by atoms with Gasteiger partial charge in [-0.25, -0.2) is 0 Å². The highest BCUT2D eigenvalue weighted by molar-refractivity contribution is 5.75. The molecule has 0 aromatic rings. The third-order valence-electron chi connectivity index (χ3n) is 2.81. The Hall–Kier alpha value is -0.610. The van der Waals surface area contributed by atoms with Gasteiger partial charge in [0.2, 0.25) is 0 Å². The maximum atomic E-state index is 11.5. The molecule has 0 bridgehead atoms. The van der Waals surface area contributed by atoms with E-state index in [-0.39, 0.29) is 23.2 Å². The minimum absolute atomic E-state index is 0.187. The van der Waals surface area contributed by atoms with Crippen molar-refractivity contribution in [2.24, 2.45) is 0 Å². The van der Waals surface area contributed by atoms with E-state index in [4.69, 9.17) is 9.47 Å². The fraction of sp³-hybridized carbons (Fsp3) is 0.917. The Kier molecular flexibility index (Phi) is 3.65. The van der Waals surface area contributed by atoms with E-state index in [0.717, 1.165) is 13.1 Å². The van der Waals surface area contributed by atoms with Crippen molar-refractivity contribution in [3.63, 3.8) is 0 Å². The summed E-state index contributed by atoms with van der Waals surface area (Å²) in [4.78, 5) is 13.6. The minimum Gasteiger partial charge on any atom is -0.468 e. The lowest BCUT2D eigenvalue weighted by Gasteiger charge is -2.48. The zero-order valence-corrected chi connectivity index (χ0v) is 11.2. The first-order valence-electron chi connectivity index (χ1n) is 5.69. The van der Waals surface area contributed by atoms with Crippen molar-refractivity contribution in [1.82, 2.24) is 4.90 Å². The van der Waals surface area contributed by atoms with Gasteiger partial charge in [0.15, 0.2) is 0 Å². The van der Waals surface area contributed by atoms with Gasteiger partial charge >= 0.3 is 5.97 Å². The van der Waals surface area contributed by atoms with Crippen LogP contribution >= 0.6 is 0 Å². The number of ether oxygens (including phenoxy) is 2. The van der Waals surface area contributed by atoms with E-state index in [9.17, 15) is 4.79 Å². The fourth-order valence-electron chi connectivity index (χ4n) is 2.44. The number of esters is 1. The van der Waals surface area contributed by atoms with Crippen molar-refractivity contribution in [1.29, 1.82) is 0 Å². The predicted octanol–water partition coefficient (Wildman–Crippen LogP) is 1.44. The number of nitrogens with zero attached hydrogens (tertiary/aromatic N) is 1. The van der Waals surface area contributed by atoms with E-state index in [2.05, 4.69) is 4.90 Å². The van der Waals surface area contributed by atoms with E-state index in [1.54, 1.807) is 0 Å². The van der Waals surface area contributed by atoms with Crippen molar-refractivity contribution in [3.8, 4) is 0 Å². The first-order chi connectivity index (χ1) is 7.17. The van der Waals surface area contributed by atoms with Crippen LogP contribution in [0.25, 0.3) is 0 Å². The van der Waals surface area contributed by atoms with Crippen molar-refractivity contribution >= 4 is 5.97 Å². The topological polar surface area (TPSA) is 38.8 Å². The smallest absolute Gasteiger partial charge is 0.322 e. The van der Waals surface area contributed by atoms with Gasteiger partial charge in [-0.3, -0.25) is 9.69 Å². The molecular weight excluding hydrogens is 206 g/mol. The number of hydrogen-bond donors (Lipinski definition) is 0. The Morgan fingerprint density at radius 2 is 1.69 bits per heavy atom. The average Bonchev–Trinajstić information content (AvgIpc) is 2.10. The fourth-order valence-corrected chi connectivity index (χ4v) is 2.44. The molecule has 1 saturated heterocycles. The lowest BCUT2D eigenvalue weighted by molar-refractivity contribution is -0.191. The third kappa shape index (κ3) is 3.19. The molecule has 0 spiro atoms. The zero-order valence-electron chi connectivity index (χ0n) is 11.2. The number of methoxy groups -OCH3 is 1. The molecule has 1 atom stereocenters. The van der Waals surface area contributed by atoms with Crippen LogP contribution in [-0.2, 0) is 14.3 Å².